The second-order valence-corrected chi connectivity index (χ2v) is 6.92. The largest absolute Gasteiger partial charge is 0.504 e. The van der Waals surface area contributed by atoms with Crippen molar-refractivity contribution >= 4 is 0 Å². The Labute approximate surface area is 147 Å². The number of hydrogen-bond acceptors (Lipinski definition) is 3. The molecule has 1 saturated heterocycles. The molecule has 2 bridgehead atoms. The molecule has 1 aromatic carbocycles. The highest BCUT2D eigenvalue weighted by Gasteiger charge is 2.51. The van der Waals surface area contributed by atoms with E-state index in [1.807, 2.05) is 26.0 Å². The average molecular weight is 332 g/mol. The van der Waals surface area contributed by atoms with Gasteiger partial charge in [0.1, 0.15) is 0 Å². The van der Waals surface area contributed by atoms with Crippen LogP contribution in [0.4, 0.5) is 0 Å². The molecule has 1 N–H and O–H groups in total. The quantitative estimate of drug-likeness (QED) is 0.823. The Kier molecular flexibility index (Phi) is 5.97. The Balaban J connectivity index is 0.00000100. The number of nitrogens with zero attached hydrogens (tertiary/aromatic N) is 1. The molecular weight excluding hydrogens is 298 g/mol. The Morgan fingerprint density at radius 2 is 2.12 bits per heavy atom. The van der Waals surface area contributed by atoms with Crippen molar-refractivity contribution < 1.29 is 9.84 Å². The van der Waals surface area contributed by atoms with Gasteiger partial charge in [-0.1, -0.05) is 32.9 Å². The molecule has 0 aromatic heterocycles. The molecule has 1 aliphatic heterocycles. The van der Waals surface area contributed by atoms with Gasteiger partial charge in [0.2, 0.25) is 0 Å². The van der Waals surface area contributed by atoms with Crippen LogP contribution in [0.25, 0.3) is 0 Å². The van der Waals surface area contributed by atoms with E-state index in [9.17, 15) is 5.11 Å². The number of ether oxygens (including phenoxy) is 1. The van der Waals surface area contributed by atoms with E-state index in [1.165, 1.54) is 5.56 Å². The topological polar surface area (TPSA) is 32.7 Å². The number of phenols is 1. The zero-order valence-corrected chi connectivity index (χ0v) is 15.9. The lowest BCUT2D eigenvalue weighted by atomic mass is 9.56. The van der Waals surface area contributed by atoms with Crippen molar-refractivity contribution in [3.63, 3.8) is 0 Å². The van der Waals surface area contributed by atoms with Crippen molar-refractivity contribution in [2.45, 2.75) is 57.9 Å². The number of likely N-dealkylation sites (N-methyl/N-ethyl adjacent to an activating group) is 1. The SMILES string of the molecule is C=CCC[C@]12CCN(C)C(Cc3ccc(OC)c(O)c31)C2C.CC. The maximum absolute atomic E-state index is 10.8. The molecule has 0 amide bonds. The molecule has 24 heavy (non-hydrogen) atoms. The summed E-state index contributed by atoms with van der Waals surface area (Å²) in [6.07, 6.45) is 6.13. The molecule has 2 aliphatic rings. The van der Waals surface area contributed by atoms with Crippen LogP contribution in [0.5, 0.6) is 11.5 Å². The van der Waals surface area contributed by atoms with E-state index in [1.54, 1.807) is 7.11 Å². The maximum atomic E-state index is 10.8. The number of methoxy groups -OCH3 is 1. The number of phenolic OH excluding ortho intramolecular Hbond substituents is 1. The predicted molar refractivity (Wildman–Crippen MR) is 101 cm³/mol. The summed E-state index contributed by atoms with van der Waals surface area (Å²) in [4.78, 5) is 2.49. The number of rotatable bonds is 4. The summed E-state index contributed by atoms with van der Waals surface area (Å²) >= 11 is 0. The lowest BCUT2D eigenvalue weighted by Gasteiger charge is -2.55. The Morgan fingerprint density at radius 1 is 1.42 bits per heavy atom. The van der Waals surface area contributed by atoms with Crippen LogP contribution in [0, 0.1) is 5.92 Å². The first kappa shape index (κ1) is 18.9. The van der Waals surface area contributed by atoms with E-state index in [2.05, 4.69) is 31.5 Å². The fourth-order valence-corrected chi connectivity index (χ4v) is 4.77. The van der Waals surface area contributed by atoms with Crippen molar-refractivity contribution in [1.29, 1.82) is 0 Å². The lowest BCUT2D eigenvalue weighted by molar-refractivity contribution is 0.0346. The summed E-state index contributed by atoms with van der Waals surface area (Å²) in [6.45, 7) is 11.3. The summed E-state index contributed by atoms with van der Waals surface area (Å²) in [5, 5.41) is 10.8. The Morgan fingerprint density at radius 3 is 2.75 bits per heavy atom. The summed E-state index contributed by atoms with van der Waals surface area (Å²) in [6, 6.07) is 4.61. The number of fused-ring (bicyclic) bond motifs is 4. The van der Waals surface area contributed by atoms with E-state index in [-0.39, 0.29) is 5.41 Å². The predicted octanol–water partition coefficient (Wildman–Crippen LogP) is 4.53. The third kappa shape index (κ3) is 2.83. The van der Waals surface area contributed by atoms with Crippen molar-refractivity contribution in [2.24, 2.45) is 5.92 Å². The summed E-state index contributed by atoms with van der Waals surface area (Å²) in [7, 11) is 3.86. The molecule has 134 valence electrons. The van der Waals surface area contributed by atoms with Crippen LogP contribution in [-0.2, 0) is 11.8 Å². The van der Waals surface area contributed by atoms with Crippen LogP contribution >= 0.6 is 0 Å². The van der Waals surface area contributed by atoms with Gasteiger partial charge in [-0.05, 0) is 56.8 Å². The van der Waals surface area contributed by atoms with Gasteiger partial charge in [0.15, 0.2) is 11.5 Å². The molecular formula is C21H33NO2. The third-order valence-corrected chi connectivity index (χ3v) is 6.09. The van der Waals surface area contributed by atoms with Gasteiger partial charge in [-0.15, -0.1) is 6.58 Å². The van der Waals surface area contributed by atoms with Crippen LogP contribution in [0.3, 0.4) is 0 Å². The van der Waals surface area contributed by atoms with Gasteiger partial charge in [-0.25, -0.2) is 0 Å². The van der Waals surface area contributed by atoms with E-state index >= 15 is 0 Å². The van der Waals surface area contributed by atoms with Crippen LogP contribution in [0.1, 0.15) is 51.2 Å². The highest BCUT2D eigenvalue weighted by Crippen LogP contribution is 2.55. The number of aromatic hydroxyl groups is 1. The molecule has 0 radical (unpaired) electrons. The molecule has 1 fully saturated rings. The van der Waals surface area contributed by atoms with Crippen molar-refractivity contribution in [3.05, 3.63) is 35.9 Å². The smallest absolute Gasteiger partial charge is 0.161 e. The third-order valence-electron chi connectivity index (χ3n) is 6.09. The average Bonchev–Trinajstić information content (AvgIpc) is 2.60. The van der Waals surface area contributed by atoms with Gasteiger partial charge in [0.25, 0.3) is 0 Å². The summed E-state index contributed by atoms with van der Waals surface area (Å²) < 4.78 is 5.37. The molecule has 1 heterocycles. The Bertz CT molecular complexity index is 583. The highest BCUT2D eigenvalue weighted by atomic mass is 16.5. The second kappa shape index (κ2) is 7.60. The van der Waals surface area contributed by atoms with Crippen LogP contribution in [0.2, 0.25) is 0 Å². The first-order valence-corrected chi connectivity index (χ1v) is 9.25. The molecule has 3 rings (SSSR count). The van der Waals surface area contributed by atoms with Gasteiger partial charge in [-0.2, -0.15) is 0 Å². The normalized spacial score (nSPS) is 28.4. The minimum Gasteiger partial charge on any atom is -0.504 e. The first-order valence-electron chi connectivity index (χ1n) is 9.25. The van der Waals surface area contributed by atoms with Gasteiger partial charge >= 0.3 is 0 Å². The van der Waals surface area contributed by atoms with E-state index in [4.69, 9.17) is 4.74 Å². The van der Waals surface area contributed by atoms with E-state index in [0.717, 1.165) is 37.8 Å². The summed E-state index contributed by atoms with van der Waals surface area (Å²) in [5.41, 5.74) is 2.47. The molecule has 1 aliphatic carbocycles. The summed E-state index contributed by atoms with van der Waals surface area (Å²) in [5.74, 6) is 1.48. The number of piperidine rings is 1. The molecule has 3 nitrogen and oxygen atoms in total. The minimum absolute atomic E-state index is 0.0393. The lowest BCUT2D eigenvalue weighted by Crippen LogP contribution is -2.57. The number of allylic oxidation sites excluding steroid dienone is 1. The first-order chi connectivity index (χ1) is 11.5. The van der Waals surface area contributed by atoms with Crippen molar-refractivity contribution in [1.82, 2.24) is 4.90 Å². The second-order valence-electron chi connectivity index (χ2n) is 6.92. The fraction of sp³-hybridized carbons (Fsp3) is 0.619. The van der Waals surface area contributed by atoms with Crippen molar-refractivity contribution in [2.75, 3.05) is 20.7 Å². The molecule has 0 spiro atoms. The van der Waals surface area contributed by atoms with Gasteiger partial charge in [0.05, 0.1) is 7.11 Å². The minimum atomic E-state index is 0.0393. The maximum Gasteiger partial charge on any atom is 0.161 e. The zero-order chi connectivity index (χ0) is 17.9. The monoisotopic (exact) mass is 331 g/mol. The Hall–Kier alpha value is -1.48. The number of likely N-dealkylation sites (tertiary alicyclic amines) is 1. The van der Waals surface area contributed by atoms with Gasteiger partial charge in [-0.3, -0.25) is 0 Å². The molecule has 1 aromatic rings. The van der Waals surface area contributed by atoms with Crippen LogP contribution in [0.15, 0.2) is 24.8 Å². The number of hydrogen-bond donors (Lipinski definition) is 1. The standard InChI is InChI=1S/C19H27NO2.C2H6/c1-5-6-9-19-10-11-20(3)15(13(19)2)12-14-7-8-16(22-4)18(21)17(14)19;1-2/h5,7-8,13,15,21H,1,6,9-12H2,2-4H3;1-2H3/t13?,15?,19-;/m1./s1. The number of benzene rings is 1. The highest BCUT2D eigenvalue weighted by molar-refractivity contribution is 5.56. The van der Waals surface area contributed by atoms with Gasteiger partial charge < -0.3 is 14.7 Å². The van der Waals surface area contributed by atoms with E-state index < -0.39 is 0 Å². The van der Waals surface area contributed by atoms with Crippen LogP contribution in [-0.4, -0.2) is 36.8 Å². The zero-order valence-electron chi connectivity index (χ0n) is 15.9. The fourth-order valence-electron chi connectivity index (χ4n) is 4.77. The molecule has 3 atom stereocenters. The molecule has 3 heteroatoms. The molecule has 2 unspecified atom stereocenters. The van der Waals surface area contributed by atoms with Crippen LogP contribution < -0.4 is 4.74 Å². The van der Waals surface area contributed by atoms with Crippen molar-refractivity contribution in [3.8, 4) is 11.5 Å². The van der Waals surface area contributed by atoms with Gasteiger partial charge in [0, 0.05) is 17.0 Å². The molecule has 0 saturated carbocycles. The van der Waals surface area contributed by atoms with E-state index in [0.29, 0.717) is 23.5 Å².